The van der Waals surface area contributed by atoms with Gasteiger partial charge in [0.15, 0.2) is 0 Å². The first-order valence-electron chi connectivity index (χ1n) is 7.41. The normalized spacial score (nSPS) is 17.0. The molecule has 1 heterocycles. The number of para-hydroxylation sites is 1. The highest BCUT2D eigenvalue weighted by atomic mass is 19.1. The van der Waals surface area contributed by atoms with Crippen LogP contribution in [0, 0.1) is 11.6 Å². The number of hydrogen-bond donors (Lipinski definition) is 2. The molecular weight excluding hydrogens is 316 g/mol. The first-order valence-corrected chi connectivity index (χ1v) is 7.41. The Kier molecular flexibility index (Phi) is 4.41. The molecule has 0 saturated carbocycles. The van der Waals surface area contributed by atoms with E-state index in [0.29, 0.717) is 12.6 Å². The number of halogens is 2. The molecule has 2 aromatic rings. The van der Waals surface area contributed by atoms with Crippen molar-refractivity contribution in [3.63, 3.8) is 0 Å². The Morgan fingerprint density at radius 2 is 1.88 bits per heavy atom. The van der Waals surface area contributed by atoms with Crippen molar-refractivity contribution in [3.05, 3.63) is 60.2 Å². The number of nitrogens with zero attached hydrogens (tertiary/aromatic N) is 1. The number of carbonyl (C=O) groups is 2. The van der Waals surface area contributed by atoms with E-state index in [9.17, 15) is 18.4 Å². The summed E-state index contributed by atoms with van der Waals surface area (Å²) in [6.45, 7) is 0.335. The summed E-state index contributed by atoms with van der Waals surface area (Å²) in [7, 11) is 0. The Bertz CT molecular complexity index is 768. The fraction of sp³-hybridized carbons (Fsp3) is 0.176. The summed E-state index contributed by atoms with van der Waals surface area (Å²) in [5, 5.41) is 4.94. The molecule has 1 atom stereocenters. The van der Waals surface area contributed by atoms with Crippen molar-refractivity contribution in [2.45, 2.75) is 12.5 Å². The van der Waals surface area contributed by atoms with Gasteiger partial charge in [-0.1, -0.05) is 18.2 Å². The highest BCUT2D eigenvalue weighted by Crippen LogP contribution is 2.21. The van der Waals surface area contributed by atoms with Crippen molar-refractivity contribution in [3.8, 4) is 0 Å². The quantitative estimate of drug-likeness (QED) is 0.908. The van der Waals surface area contributed by atoms with Crippen LogP contribution in [0.3, 0.4) is 0 Å². The lowest BCUT2D eigenvalue weighted by molar-refractivity contribution is -0.117. The van der Waals surface area contributed by atoms with Gasteiger partial charge in [0.25, 0.3) is 0 Å². The predicted octanol–water partition coefficient (Wildman–Crippen LogP) is 2.89. The Hall–Kier alpha value is -2.96. The Morgan fingerprint density at radius 1 is 1.12 bits per heavy atom. The first kappa shape index (κ1) is 15.9. The van der Waals surface area contributed by atoms with Crippen LogP contribution in [-0.4, -0.2) is 24.5 Å². The van der Waals surface area contributed by atoms with Crippen LogP contribution in [0.5, 0.6) is 0 Å². The number of benzene rings is 2. The van der Waals surface area contributed by atoms with Crippen molar-refractivity contribution in [2.75, 3.05) is 16.8 Å². The van der Waals surface area contributed by atoms with E-state index in [-0.39, 0.29) is 24.1 Å². The fourth-order valence-electron chi connectivity index (χ4n) is 2.60. The average Bonchev–Trinajstić information content (AvgIpc) is 2.91. The molecule has 2 N–H and O–H groups in total. The summed E-state index contributed by atoms with van der Waals surface area (Å²) < 4.78 is 26.4. The summed E-state index contributed by atoms with van der Waals surface area (Å²) in [4.78, 5) is 25.6. The summed E-state index contributed by atoms with van der Waals surface area (Å²) in [6.07, 6.45) is 0.161. The highest BCUT2D eigenvalue weighted by molar-refractivity contribution is 5.97. The maximum Gasteiger partial charge on any atom is 0.319 e. The molecule has 0 bridgehead atoms. The number of urea groups is 1. The minimum atomic E-state index is -0.862. The van der Waals surface area contributed by atoms with Gasteiger partial charge in [-0.05, 0) is 24.3 Å². The van der Waals surface area contributed by atoms with Crippen LogP contribution >= 0.6 is 0 Å². The van der Waals surface area contributed by atoms with Crippen molar-refractivity contribution in [1.82, 2.24) is 5.32 Å². The van der Waals surface area contributed by atoms with Crippen LogP contribution in [0.1, 0.15) is 6.42 Å². The molecule has 1 aliphatic heterocycles. The maximum atomic E-state index is 13.5. The number of rotatable bonds is 3. The predicted molar refractivity (Wildman–Crippen MR) is 85.7 cm³/mol. The van der Waals surface area contributed by atoms with Gasteiger partial charge in [-0.25, -0.2) is 13.6 Å². The zero-order chi connectivity index (χ0) is 17.1. The molecule has 0 radical (unpaired) electrons. The maximum absolute atomic E-state index is 13.5. The average molecular weight is 331 g/mol. The van der Waals surface area contributed by atoms with Crippen molar-refractivity contribution < 1.29 is 18.4 Å². The van der Waals surface area contributed by atoms with Gasteiger partial charge in [0.1, 0.15) is 11.6 Å². The molecule has 1 aliphatic rings. The standard InChI is InChI=1S/C17H15F2N3O2/c18-11-6-7-15(14(19)8-11)21-17(24)20-12-9-16(23)22(10-12)13-4-2-1-3-5-13/h1-8,12H,9-10H2,(H2,20,21,24). The molecular formula is C17H15F2N3O2. The van der Waals surface area contributed by atoms with Crippen LogP contribution in [0.15, 0.2) is 48.5 Å². The van der Waals surface area contributed by atoms with Gasteiger partial charge in [0, 0.05) is 24.7 Å². The van der Waals surface area contributed by atoms with Crippen LogP contribution in [0.25, 0.3) is 0 Å². The van der Waals surface area contributed by atoms with Gasteiger partial charge in [-0.15, -0.1) is 0 Å². The van der Waals surface area contributed by atoms with E-state index in [4.69, 9.17) is 0 Å². The number of anilines is 2. The number of carbonyl (C=O) groups excluding carboxylic acids is 2. The second kappa shape index (κ2) is 6.66. The molecule has 3 rings (SSSR count). The zero-order valence-electron chi connectivity index (χ0n) is 12.6. The summed E-state index contributed by atoms with van der Waals surface area (Å²) >= 11 is 0. The largest absolute Gasteiger partial charge is 0.333 e. The lowest BCUT2D eigenvalue weighted by Crippen LogP contribution is -2.39. The molecule has 0 aromatic heterocycles. The van der Waals surface area contributed by atoms with Crippen LogP contribution in [-0.2, 0) is 4.79 Å². The molecule has 24 heavy (non-hydrogen) atoms. The number of nitrogens with one attached hydrogen (secondary N) is 2. The van der Waals surface area contributed by atoms with E-state index in [1.165, 1.54) is 0 Å². The molecule has 2 aromatic carbocycles. The van der Waals surface area contributed by atoms with Gasteiger partial charge in [-0.3, -0.25) is 4.79 Å². The molecule has 1 fully saturated rings. The van der Waals surface area contributed by atoms with Crippen LogP contribution in [0.4, 0.5) is 25.0 Å². The smallest absolute Gasteiger partial charge is 0.319 e. The monoisotopic (exact) mass is 331 g/mol. The number of amides is 3. The number of hydrogen-bond acceptors (Lipinski definition) is 2. The van der Waals surface area contributed by atoms with Crippen molar-refractivity contribution >= 4 is 23.3 Å². The van der Waals surface area contributed by atoms with Gasteiger partial charge < -0.3 is 15.5 Å². The van der Waals surface area contributed by atoms with Gasteiger partial charge in [0.05, 0.1) is 11.7 Å². The van der Waals surface area contributed by atoms with E-state index in [1.54, 1.807) is 4.90 Å². The molecule has 124 valence electrons. The molecule has 0 aliphatic carbocycles. The van der Waals surface area contributed by atoms with E-state index in [1.807, 2.05) is 30.3 Å². The van der Waals surface area contributed by atoms with E-state index >= 15 is 0 Å². The highest BCUT2D eigenvalue weighted by Gasteiger charge is 2.31. The van der Waals surface area contributed by atoms with Gasteiger partial charge >= 0.3 is 6.03 Å². The fourth-order valence-corrected chi connectivity index (χ4v) is 2.60. The van der Waals surface area contributed by atoms with Crippen LogP contribution in [0.2, 0.25) is 0 Å². The van der Waals surface area contributed by atoms with E-state index in [2.05, 4.69) is 10.6 Å². The van der Waals surface area contributed by atoms with Crippen molar-refractivity contribution in [1.29, 1.82) is 0 Å². The molecule has 3 amide bonds. The van der Waals surface area contributed by atoms with Gasteiger partial charge in [-0.2, -0.15) is 0 Å². The molecule has 1 saturated heterocycles. The molecule has 1 unspecified atom stereocenters. The summed E-state index contributed by atoms with van der Waals surface area (Å²) in [5.41, 5.74) is 0.634. The lowest BCUT2D eigenvalue weighted by Gasteiger charge is -2.17. The third kappa shape index (κ3) is 3.51. The molecule has 7 heteroatoms. The Balaban J connectivity index is 1.60. The lowest BCUT2D eigenvalue weighted by atomic mass is 10.2. The minimum Gasteiger partial charge on any atom is -0.333 e. The van der Waals surface area contributed by atoms with Crippen molar-refractivity contribution in [2.24, 2.45) is 0 Å². The molecule has 0 spiro atoms. The third-order valence-electron chi connectivity index (χ3n) is 3.71. The summed E-state index contributed by atoms with van der Waals surface area (Å²) in [6, 6.07) is 11.0. The second-order valence-corrected chi connectivity index (χ2v) is 5.46. The minimum absolute atomic E-state index is 0.0977. The SMILES string of the molecule is O=C(Nc1ccc(F)cc1F)NC1CC(=O)N(c2ccccc2)C1. The van der Waals surface area contributed by atoms with Gasteiger partial charge in [0.2, 0.25) is 5.91 Å². The first-order chi connectivity index (χ1) is 11.5. The third-order valence-corrected chi connectivity index (χ3v) is 3.71. The Labute approximate surface area is 137 Å². The summed E-state index contributed by atoms with van der Waals surface area (Å²) in [5.74, 6) is -1.68. The zero-order valence-corrected chi connectivity index (χ0v) is 12.6. The Morgan fingerprint density at radius 3 is 2.58 bits per heavy atom. The second-order valence-electron chi connectivity index (χ2n) is 5.46. The van der Waals surface area contributed by atoms with E-state index in [0.717, 1.165) is 17.8 Å². The molecule has 5 nitrogen and oxygen atoms in total. The van der Waals surface area contributed by atoms with Crippen LogP contribution < -0.4 is 15.5 Å². The topological polar surface area (TPSA) is 61.4 Å². The van der Waals surface area contributed by atoms with E-state index < -0.39 is 17.7 Å².